The minimum absolute atomic E-state index is 0.162. The number of thiophene rings is 1. The Morgan fingerprint density at radius 2 is 1.79 bits per heavy atom. The van der Waals surface area contributed by atoms with E-state index in [4.69, 9.17) is 0 Å². The molecule has 138 valence electrons. The summed E-state index contributed by atoms with van der Waals surface area (Å²) in [4.78, 5) is 26.4. The summed E-state index contributed by atoms with van der Waals surface area (Å²) < 4.78 is 1.32. The highest BCUT2D eigenvalue weighted by molar-refractivity contribution is 7.11. The molecule has 28 heavy (non-hydrogen) atoms. The first-order chi connectivity index (χ1) is 13.7. The van der Waals surface area contributed by atoms with Crippen molar-refractivity contribution in [3.8, 4) is 0 Å². The number of aromatic nitrogens is 2. The minimum Gasteiger partial charge on any atom is -0.267 e. The predicted molar refractivity (Wildman–Crippen MR) is 111 cm³/mol. The molecule has 0 saturated carbocycles. The van der Waals surface area contributed by atoms with Crippen LogP contribution in [-0.2, 0) is 6.54 Å². The Bertz CT molecular complexity index is 1200. The smallest absolute Gasteiger partial charge is 0.267 e. The van der Waals surface area contributed by atoms with Crippen LogP contribution in [0.25, 0.3) is 10.8 Å². The number of nitrogens with one attached hydrogen (secondary N) is 1. The number of carbonyl (C=O) groups is 1. The molecule has 0 unspecified atom stereocenters. The van der Waals surface area contributed by atoms with Gasteiger partial charge in [-0.1, -0.05) is 54.6 Å². The normalized spacial score (nSPS) is 11.1. The van der Waals surface area contributed by atoms with Crippen LogP contribution >= 0.6 is 11.3 Å². The van der Waals surface area contributed by atoms with E-state index in [1.165, 1.54) is 16.0 Å². The van der Waals surface area contributed by atoms with Crippen LogP contribution in [0, 0.1) is 0 Å². The summed E-state index contributed by atoms with van der Waals surface area (Å²) in [6, 6.07) is 20.3. The summed E-state index contributed by atoms with van der Waals surface area (Å²) in [5, 5.41) is 11.2. The zero-order chi connectivity index (χ0) is 19.3. The van der Waals surface area contributed by atoms with E-state index in [1.54, 1.807) is 30.5 Å². The van der Waals surface area contributed by atoms with Crippen LogP contribution in [0.5, 0.6) is 0 Å². The van der Waals surface area contributed by atoms with Crippen molar-refractivity contribution < 1.29 is 4.79 Å². The van der Waals surface area contributed by atoms with Gasteiger partial charge in [0, 0.05) is 10.3 Å². The Balaban J connectivity index is 1.71. The number of fused-ring (bicyclic) bond motifs is 1. The number of amides is 1. The van der Waals surface area contributed by atoms with Gasteiger partial charge in [-0.25, -0.2) is 10.1 Å². The quantitative estimate of drug-likeness (QED) is 0.421. The van der Waals surface area contributed by atoms with Crippen molar-refractivity contribution in [1.82, 2.24) is 15.2 Å². The highest BCUT2D eigenvalue weighted by Gasteiger charge is 2.16. The number of carbonyl (C=O) groups excluding carboxylic acids is 1. The standard InChI is InChI=1S/C21H16N4O2S/c26-20(23-22-13-16-9-6-12-28-16)19-17-10-4-5-11-18(17)21(27)25(24-19)14-15-7-2-1-3-8-15/h1-13H,14H2,(H,23,26)/b22-13+. The number of rotatable bonds is 5. The van der Waals surface area contributed by atoms with Gasteiger partial charge in [0.25, 0.3) is 11.5 Å². The topological polar surface area (TPSA) is 76.3 Å². The maximum Gasteiger partial charge on any atom is 0.292 e. The Labute approximate surface area is 164 Å². The molecule has 2 aromatic carbocycles. The van der Waals surface area contributed by atoms with E-state index in [1.807, 2.05) is 47.8 Å². The van der Waals surface area contributed by atoms with E-state index in [2.05, 4.69) is 15.6 Å². The molecule has 4 rings (SSSR count). The Kier molecular flexibility index (Phi) is 5.07. The molecular weight excluding hydrogens is 372 g/mol. The maximum absolute atomic E-state index is 12.8. The molecule has 4 aromatic rings. The molecule has 0 atom stereocenters. The molecule has 0 fully saturated rings. The molecule has 6 nitrogen and oxygen atoms in total. The third-order valence-electron chi connectivity index (χ3n) is 4.16. The van der Waals surface area contributed by atoms with E-state index >= 15 is 0 Å². The Hall–Kier alpha value is -3.58. The second-order valence-corrected chi connectivity index (χ2v) is 7.04. The largest absolute Gasteiger partial charge is 0.292 e. The SMILES string of the molecule is O=C(N/N=C/c1cccs1)c1nn(Cc2ccccc2)c(=O)c2ccccc12. The molecule has 0 aliphatic heterocycles. The molecule has 0 aliphatic carbocycles. The lowest BCUT2D eigenvalue weighted by atomic mass is 10.1. The molecule has 0 saturated heterocycles. The highest BCUT2D eigenvalue weighted by Crippen LogP contribution is 2.14. The molecule has 1 amide bonds. The van der Waals surface area contributed by atoms with Crippen LogP contribution in [0.2, 0.25) is 0 Å². The van der Waals surface area contributed by atoms with Gasteiger partial charge in [-0.15, -0.1) is 11.3 Å². The summed E-state index contributed by atoms with van der Waals surface area (Å²) in [6.45, 7) is 0.281. The Morgan fingerprint density at radius 1 is 1.04 bits per heavy atom. The van der Waals surface area contributed by atoms with Gasteiger partial charge in [-0.2, -0.15) is 10.2 Å². The van der Waals surface area contributed by atoms with Gasteiger partial charge in [-0.05, 0) is 23.1 Å². The fraction of sp³-hybridized carbons (Fsp3) is 0.0476. The van der Waals surface area contributed by atoms with Crippen molar-refractivity contribution in [3.05, 3.63) is 98.6 Å². The molecule has 0 aliphatic rings. The van der Waals surface area contributed by atoms with Crippen LogP contribution in [-0.4, -0.2) is 21.9 Å². The Morgan fingerprint density at radius 3 is 2.54 bits per heavy atom. The van der Waals surface area contributed by atoms with Crippen molar-refractivity contribution in [1.29, 1.82) is 0 Å². The number of hydrogen-bond donors (Lipinski definition) is 1. The number of nitrogens with zero attached hydrogens (tertiary/aromatic N) is 3. The third kappa shape index (κ3) is 3.74. The molecule has 1 N–H and O–H groups in total. The van der Waals surface area contributed by atoms with E-state index < -0.39 is 5.91 Å². The summed E-state index contributed by atoms with van der Waals surface area (Å²) in [6.07, 6.45) is 1.57. The predicted octanol–water partition coefficient (Wildman–Crippen LogP) is 3.27. The van der Waals surface area contributed by atoms with E-state index in [9.17, 15) is 9.59 Å². The van der Waals surface area contributed by atoms with Gasteiger partial charge in [-0.3, -0.25) is 9.59 Å². The van der Waals surface area contributed by atoms with Gasteiger partial charge >= 0.3 is 0 Å². The van der Waals surface area contributed by atoms with Crippen molar-refractivity contribution in [3.63, 3.8) is 0 Å². The molecule has 7 heteroatoms. The van der Waals surface area contributed by atoms with Gasteiger partial charge in [0.2, 0.25) is 0 Å². The molecular formula is C21H16N4O2S. The summed E-state index contributed by atoms with van der Waals surface area (Å²) >= 11 is 1.52. The van der Waals surface area contributed by atoms with E-state index in [0.29, 0.717) is 10.8 Å². The molecule has 0 spiro atoms. The number of hydrazone groups is 1. The summed E-state index contributed by atoms with van der Waals surface area (Å²) in [7, 11) is 0. The van der Waals surface area contributed by atoms with Crippen LogP contribution in [0.15, 0.2) is 82.0 Å². The van der Waals surface area contributed by atoms with Gasteiger partial charge in [0.05, 0.1) is 18.1 Å². The fourth-order valence-corrected chi connectivity index (χ4v) is 3.42. The minimum atomic E-state index is -0.467. The van der Waals surface area contributed by atoms with Crippen LogP contribution in [0.3, 0.4) is 0 Å². The summed E-state index contributed by atoms with van der Waals surface area (Å²) in [5.41, 5.74) is 3.35. The molecule has 0 bridgehead atoms. The highest BCUT2D eigenvalue weighted by atomic mass is 32.1. The molecule has 2 aromatic heterocycles. The van der Waals surface area contributed by atoms with E-state index in [0.717, 1.165) is 10.4 Å². The zero-order valence-electron chi connectivity index (χ0n) is 14.8. The van der Waals surface area contributed by atoms with Crippen LogP contribution in [0.4, 0.5) is 0 Å². The maximum atomic E-state index is 12.8. The summed E-state index contributed by atoms with van der Waals surface area (Å²) in [5.74, 6) is -0.467. The molecule has 2 heterocycles. The van der Waals surface area contributed by atoms with Crippen LogP contribution in [0.1, 0.15) is 20.9 Å². The first-order valence-corrected chi connectivity index (χ1v) is 9.51. The first kappa shape index (κ1) is 17.8. The third-order valence-corrected chi connectivity index (χ3v) is 4.97. The average molecular weight is 388 g/mol. The lowest BCUT2D eigenvalue weighted by molar-refractivity contribution is 0.0949. The first-order valence-electron chi connectivity index (χ1n) is 8.63. The lowest BCUT2D eigenvalue weighted by Gasteiger charge is -2.10. The molecule has 0 radical (unpaired) electrons. The average Bonchev–Trinajstić information content (AvgIpc) is 3.24. The van der Waals surface area contributed by atoms with Crippen LogP contribution < -0.4 is 11.0 Å². The van der Waals surface area contributed by atoms with Crippen molar-refractivity contribution in [2.24, 2.45) is 5.10 Å². The van der Waals surface area contributed by atoms with E-state index in [-0.39, 0.29) is 17.8 Å². The van der Waals surface area contributed by atoms with Gasteiger partial charge in [0.1, 0.15) is 0 Å². The lowest BCUT2D eigenvalue weighted by Crippen LogP contribution is -2.29. The van der Waals surface area contributed by atoms with Gasteiger partial charge < -0.3 is 0 Å². The zero-order valence-corrected chi connectivity index (χ0v) is 15.6. The number of benzene rings is 2. The second-order valence-electron chi connectivity index (χ2n) is 6.06. The number of hydrogen-bond acceptors (Lipinski definition) is 5. The van der Waals surface area contributed by atoms with Gasteiger partial charge in [0.15, 0.2) is 5.69 Å². The van der Waals surface area contributed by atoms with Crippen molar-refractivity contribution in [2.75, 3.05) is 0 Å². The fourth-order valence-electron chi connectivity index (χ4n) is 2.84. The second kappa shape index (κ2) is 7.98. The van der Waals surface area contributed by atoms with Crippen molar-refractivity contribution >= 4 is 34.2 Å². The van der Waals surface area contributed by atoms with Crippen molar-refractivity contribution in [2.45, 2.75) is 6.54 Å². The monoisotopic (exact) mass is 388 g/mol.